The van der Waals surface area contributed by atoms with E-state index in [2.05, 4.69) is 23.3 Å². The van der Waals surface area contributed by atoms with Gasteiger partial charge in [-0.05, 0) is 54.4 Å². The smallest absolute Gasteiger partial charge is 0.227 e. The Morgan fingerprint density at radius 3 is 2.63 bits per heavy atom. The number of hydrogen-bond acceptors (Lipinski definition) is 4. The molecule has 0 saturated carbocycles. The van der Waals surface area contributed by atoms with Gasteiger partial charge >= 0.3 is 0 Å². The Morgan fingerprint density at radius 1 is 1.06 bits per heavy atom. The van der Waals surface area contributed by atoms with Crippen molar-refractivity contribution >= 4 is 22.6 Å². The van der Waals surface area contributed by atoms with Crippen LogP contribution in [0.25, 0.3) is 11.0 Å². The van der Waals surface area contributed by atoms with Crippen molar-refractivity contribution in [3.8, 4) is 11.5 Å². The summed E-state index contributed by atoms with van der Waals surface area (Å²) >= 11 is 0. The summed E-state index contributed by atoms with van der Waals surface area (Å²) in [6.45, 7) is 5.59. The van der Waals surface area contributed by atoms with Gasteiger partial charge in [-0.25, -0.2) is 4.98 Å². The molecular weight excluding hydrogens is 438 g/mol. The summed E-state index contributed by atoms with van der Waals surface area (Å²) in [5, 5.41) is 0. The van der Waals surface area contributed by atoms with Crippen molar-refractivity contribution in [3.05, 3.63) is 96.8 Å². The monoisotopic (exact) mass is 467 g/mol. The number of allylic oxidation sites excluding steroid dienone is 1. The predicted octanol–water partition coefficient (Wildman–Crippen LogP) is 5.37. The third-order valence-corrected chi connectivity index (χ3v) is 6.47. The second-order valence-electron chi connectivity index (χ2n) is 8.66. The van der Waals surface area contributed by atoms with Crippen LogP contribution >= 0.6 is 0 Å². The van der Waals surface area contributed by atoms with Gasteiger partial charge in [0.1, 0.15) is 23.9 Å². The van der Waals surface area contributed by atoms with Crippen LogP contribution in [0.3, 0.4) is 0 Å². The minimum Gasteiger partial charge on any atom is -0.497 e. The number of aromatic nitrogens is 2. The van der Waals surface area contributed by atoms with Gasteiger partial charge in [-0.2, -0.15) is 0 Å². The molecule has 3 aromatic carbocycles. The summed E-state index contributed by atoms with van der Waals surface area (Å²) in [5.41, 5.74) is 3.99. The Morgan fingerprint density at radius 2 is 1.83 bits per heavy atom. The molecule has 1 aromatic heterocycles. The number of anilines is 1. The van der Waals surface area contributed by atoms with Crippen LogP contribution in [0.4, 0.5) is 5.69 Å². The van der Waals surface area contributed by atoms with Gasteiger partial charge in [-0.15, -0.1) is 6.58 Å². The van der Waals surface area contributed by atoms with Crippen LogP contribution < -0.4 is 14.4 Å². The van der Waals surface area contributed by atoms with Crippen LogP contribution in [0, 0.1) is 0 Å². The second-order valence-corrected chi connectivity index (χ2v) is 8.66. The highest BCUT2D eigenvalue weighted by molar-refractivity contribution is 5.96. The highest BCUT2D eigenvalue weighted by atomic mass is 16.5. The van der Waals surface area contributed by atoms with E-state index in [0.29, 0.717) is 26.1 Å². The molecule has 0 spiro atoms. The molecule has 2 heterocycles. The summed E-state index contributed by atoms with van der Waals surface area (Å²) < 4.78 is 13.6. The van der Waals surface area contributed by atoms with Crippen molar-refractivity contribution in [1.82, 2.24) is 9.55 Å². The molecule has 1 saturated heterocycles. The average Bonchev–Trinajstić information content (AvgIpc) is 3.46. The molecule has 178 valence electrons. The lowest BCUT2D eigenvalue weighted by Crippen LogP contribution is -2.24. The number of carbonyl (C=O) groups is 1. The molecular formula is C29H29N3O3. The first-order chi connectivity index (χ1) is 17.2. The van der Waals surface area contributed by atoms with Gasteiger partial charge in [0.2, 0.25) is 5.91 Å². The lowest BCUT2D eigenvalue weighted by atomic mass is 10.1. The van der Waals surface area contributed by atoms with Crippen molar-refractivity contribution < 1.29 is 14.3 Å². The van der Waals surface area contributed by atoms with Crippen molar-refractivity contribution in [2.24, 2.45) is 0 Å². The Kier molecular flexibility index (Phi) is 6.53. The quantitative estimate of drug-likeness (QED) is 0.311. The fourth-order valence-corrected chi connectivity index (χ4v) is 4.75. The number of methoxy groups -OCH3 is 1. The average molecular weight is 468 g/mol. The van der Waals surface area contributed by atoms with Crippen molar-refractivity contribution in [2.45, 2.75) is 25.3 Å². The lowest BCUT2D eigenvalue weighted by Gasteiger charge is -2.18. The van der Waals surface area contributed by atoms with Gasteiger partial charge < -0.3 is 18.9 Å². The normalized spacial score (nSPS) is 15.5. The van der Waals surface area contributed by atoms with Crippen LogP contribution in [0.5, 0.6) is 11.5 Å². The molecule has 0 N–H and O–H groups in total. The molecule has 0 radical (unpaired) electrons. The van der Waals surface area contributed by atoms with Gasteiger partial charge in [-0.1, -0.05) is 36.4 Å². The molecule has 1 amide bonds. The molecule has 1 atom stereocenters. The Bertz CT molecular complexity index is 1340. The number of amides is 1. The van der Waals surface area contributed by atoms with E-state index in [1.165, 1.54) is 0 Å². The van der Waals surface area contributed by atoms with Crippen LogP contribution in [0.2, 0.25) is 0 Å². The molecule has 1 fully saturated rings. The van der Waals surface area contributed by atoms with Crippen molar-refractivity contribution in [1.29, 1.82) is 0 Å². The maximum Gasteiger partial charge on any atom is 0.227 e. The number of imidazole rings is 1. The molecule has 4 aromatic rings. The fraction of sp³-hybridized carbons (Fsp3) is 0.241. The van der Waals surface area contributed by atoms with Gasteiger partial charge in [0.25, 0.3) is 0 Å². The predicted molar refractivity (Wildman–Crippen MR) is 138 cm³/mol. The fourth-order valence-electron chi connectivity index (χ4n) is 4.75. The lowest BCUT2D eigenvalue weighted by molar-refractivity contribution is -0.117. The molecule has 6 heteroatoms. The van der Waals surface area contributed by atoms with E-state index >= 15 is 0 Å². The number of para-hydroxylation sites is 3. The van der Waals surface area contributed by atoms with Gasteiger partial charge in [0.15, 0.2) is 0 Å². The van der Waals surface area contributed by atoms with Gasteiger partial charge in [-0.3, -0.25) is 4.79 Å². The number of hydrogen-bond donors (Lipinski definition) is 0. The number of fused-ring (bicyclic) bond motifs is 1. The summed E-state index contributed by atoms with van der Waals surface area (Å²) in [6.07, 6.45) is 3.08. The highest BCUT2D eigenvalue weighted by Gasteiger charge is 2.34. The summed E-state index contributed by atoms with van der Waals surface area (Å²) in [5.74, 6) is 2.69. The van der Waals surface area contributed by atoms with Crippen LogP contribution in [0.1, 0.15) is 23.7 Å². The first kappa shape index (κ1) is 22.7. The highest BCUT2D eigenvalue weighted by Crippen LogP contribution is 2.34. The molecule has 0 bridgehead atoms. The number of carbonyl (C=O) groups excluding carboxylic acids is 1. The Balaban J connectivity index is 1.38. The van der Waals surface area contributed by atoms with Crippen LogP contribution in [-0.2, 0) is 17.8 Å². The molecule has 35 heavy (non-hydrogen) atoms. The van der Waals surface area contributed by atoms with Crippen molar-refractivity contribution in [3.63, 3.8) is 0 Å². The maximum absolute atomic E-state index is 13.0. The third-order valence-electron chi connectivity index (χ3n) is 6.47. The SMILES string of the molecule is C=CCc1ccccc1OCCn1c([C@@H]2CC(=O)N(c3ccc(OC)cc3)C2)nc2ccccc21. The standard InChI is InChI=1S/C29H29N3O3/c1-3-8-21-9-4-7-12-27(21)35-18-17-31-26-11-6-5-10-25(26)30-29(31)22-19-28(33)32(20-22)23-13-15-24(34-2)16-14-23/h3-7,9-16,22H,1,8,17-20H2,2H3/t22-/m1/s1. The molecule has 6 nitrogen and oxygen atoms in total. The summed E-state index contributed by atoms with van der Waals surface area (Å²) in [4.78, 5) is 19.8. The topological polar surface area (TPSA) is 56.6 Å². The van der Waals surface area contributed by atoms with E-state index in [-0.39, 0.29) is 11.8 Å². The zero-order valence-corrected chi connectivity index (χ0v) is 19.9. The number of rotatable bonds is 9. The molecule has 0 aliphatic carbocycles. The number of benzene rings is 3. The first-order valence-corrected chi connectivity index (χ1v) is 11.9. The third kappa shape index (κ3) is 4.64. The van der Waals surface area contributed by atoms with Crippen molar-refractivity contribution in [2.75, 3.05) is 25.2 Å². The maximum atomic E-state index is 13.0. The minimum absolute atomic E-state index is 0.00468. The van der Waals surface area contributed by atoms with Crippen LogP contribution in [-0.4, -0.2) is 35.7 Å². The number of ether oxygens (including phenoxy) is 2. The zero-order chi connectivity index (χ0) is 24.2. The molecule has 1 aliphatic rings. The Labute approximate surface area is 205 Å². The molecule has 5 rings (SSSR count). The van der Waals surface area contributed by atoms with Crippen LogP contribution in [0.15, 0.2) is 85.5 Å². The van der Waals surface area contributed by atoms with E-state index in [1.54, 1.807) is 7.11 Å². The summed E-state index contributed by atoms with van der Waals surface area (Å²) in [6, 6.07) is 23.8. The molecule has 1 aliphatic heterocycles. The Hall–Kier alpha value is -4.06. The second kappa shape index (κ2) is 10.1. The van der Waals surface area contributed by atoms with Gasteiger partial charge in [0, 0.05) is 24.6 Å². The largest absolute Gasteiger partial charge is 0.497 e. The van der Waals surface area contributed by atoms with E-state index in [9.17, 15) is 4.79 Å². The summed E-state index contributed by atoms with van der Waals surface area (Å²) in [7, 11) is 1.64. The van der Waals surface area contributed by atoms with Gasteiger partial charge in [0.05, 0.1) is 24.7 Å². The first-order valence-electron chi connectivity index (χ1n) is 11.9. The molecule has 0 unspecified atom stereocenters. The van der Waals surface area contributed by atoms with E-state index in [0.717, 1.165) is 46.0 Å². The van der Waals surface area contributed by atoms with E-state index in [1.807, 2.05) is 71.6 Å². The number of nitrogens with zero attached hydrogens (tertiary/aromatic N) is 3. The minimum atomic E-state index is 0.00468. The van der Waals surface area contributed by atoms with E-state index < -0.39 is 0 Å². The zero-order valence-electron chi connectivity index (χ0n) is 19.9. The van der Waals surface area contributed by atoms with E-state index in [4.69, 9.17) is 14.5 Å².